The number of piperazine rings is 1. The molecule has 5 nitrogen and oxygen atoms in total. The normalized spacial score (nSPS) is 14.2. The molecule has 3 rings (SSSR count). The molecule has 0 saturated carbocycles. The third kappa shape index (κ3) is 7.22. The standard InChI is InChI=1S/C22H28FN3O2.ClH/c1-28-21-11-9-20(10-12-21)24-22(27)26-16-14-25(15-17-26)13-3-2-4-18-5-7-19(23)8-6-18;/h5-12H,2-4,13-17H2,1H3,(H,24,27);1H. The van der Waals surface area contributed by atoms with Crippen LogP contribution in [0.3, 0.4) is 0 Å². The summed E-state index contributed by atoms with van der Waals surface area (Å²) < 4.78 is 18.0. The second-order valence-corrected chi connectivity index (χ2v) is 7.07. The van der Waals surface area contributed by atoms with Crippen LogP contribution in [-0.2, 0) is 6.42 Å². The SMILES string of the molecule is COc1ccc(NC(=O)N2CCN(CCCCc3ccc(F)cc3)CC2)cc1.Cl. The number of hydrogen-bond donors (Lipinski definition) is 1. The highest BCUT2D eigenvalue weighted by molar-refractivity contribution is 5.89. The number of ether oxygens (including phenoxy) is 1. The maximum atomic E-state index is 12.9. The van der Waals surface area contributed by atoms with Gasteiger partial charge in [0, 0.05) is 31.9 Å². The van der Waals surface area contributed by atoms with Gasteiger partial charge in [0.2, 0.25) is 0 Å². The van der Waals surface area contributed by atoms with E-state index in [-0.39, 0.29) is 24.3 Å². The summed E-state index contributed by atoms with van der Waals surface area (Å²) in [6.07, 6.45) is 3.17. The van der Waals surface area contributed by atoms with Crippen LogP contribution >= 0.6 is 12.4 Å². The van der Waals surface area contributed by atoms with Crippen molar-refractivity contribution in [3.05, 3.63) is 59.9 Å². The van der Waals surface area contributed by atoms with Crippen molar-refractivity contribution in [1.82, 2.24) is 9.80 Å². The summed E-state index contributed by atoms with van der Waals surface area (Å²) in [6, 6.07) is 14.0. The highest BCUT2D eigenvalue weighted by atomic mass is 35.5. The summed E-state index contributed by atoms with van der Waals surface area (Å²) in [6.45, 7) is 4.30. The van der Waals surface area contributed by atoms with E-state index < -0.39 is 0 Å². The third-order valence-electron chi connectivity index (χ3n) is 5.10. The summed E-state index contributed by atoms with van der Waals surface area (Å²) in [4.78, 5) is 16.7. The zero-order chi connectivity index (χ0) is 19.8. The van der Waals surface area contributed by atoms with Crippen LogP contribution in [0.4, 0.5) is 14.9 Å². The fraction of sp³-hybridized carbons (Fsp3) is 0.409. The van der Waals surface area contributed by atoms with E-state index in [0.29, 0.717) is 0 Å². The number of urea groups is 1. The Balaban J connectivity index is 0.00000300. The minimum absolute atomic E-state index is 0. The minimum atomic E-state index is -0.183. The fourth-order valence-corrected chi connectivity index (χ4v) is 3.37. The van der Waals surface area contributed by atoms with E-state index in [1.807, 2.05) is 41.3 Å². The third-order valence-corrected chi connectivity index (χ3v) is 5.10. The number of carbonyl (C=O) groups is 1. The number of methoxy groups -OCH3 is 1. The molecule has 0 aliphatic carbocycles. The average Bonchev–Trinajstić information content (AvgIpc) is 2.73. The van der Waals surface area contributed by atoms with Crippen molar-refractivity contribution in [3.8, 4) is 5.75 Å². The Morgan fingerprint density at radius 1 is 1.00 bits per heavy atom. The summed E-state index contributed by atoms with van der Waals surface area (Å²) in [7, 11) is 1.62. The first-order chi connectivity index (χ1) is 13.6. The molecule has 2 aromatic rings. The molecule has 0 aromatic heterocycles. The molecule has 1 heterocycles. The van der Waals surface area contributed by atoms with Gasteiger partial charge in [0.05, 0.1) is 7.11 Å². The van der Waals surface area contributed by atoms with Gasteiger partial charge in [0.15, 0.2) is 0 Å². The topological polar surface area (TPSA) is 44.8 Å². The highest BCUT2D eigenvalue weighted by Crippen LogP contribution is 2.16. The van der Waals surface area contributed by atoms with Gasteiger partial charge in [-0.05, 0) is 67.8 Å². The molecule has 0 bridgehead atoms. The predicted molar refractivity (Wildman–Crippen MR) is 117 cm³/mol. The quantitative estimate of drug-likeness (QED) is 0.673. The van der Waals surface area contributed by atoms with Gasteiger partial charge in [-0.1, -0.05) is 12.1 Å². The first-order valence-corrected chi connectivity index (χ1v) is 9.81. The molecule has 0 unspecified atom stereocenters. The zero-order valence-electron chi connectivity index (χ0n) is 16.8. The first-order valence-electron chi connectivity index (χ1n) is 9.81. The second kappa shape index (κ2) is 11.6. The van der Waals surface area contributed by atoms with Crippen molar-refractivity contribution in [2.45, 2.75) is 19.3 Å². The van der Waals surface area contributed by atoms with Gasteiger partial charge < -0.3 is 15.0 Å². The molecule has 1 fully saturated rings. The molecule has 2 aromatic carbocycles. The van der Waals surface area contributed by atoms with Gasteiger partial charge in [-0.25, -0.2) is 9.18 Å². The molecule has 0 radical (unpaired) electrons. The fourth-order valence-electron chi connectivity index (χ4n) is 3.37. The summed E-state index contributed by atoms with van der Waals surface area (Å²) >= 11 is 0. The lowest BCUT2D eigenvalue weighted by Crippen LogP contribution is -2.50. The number of nitrogens with zero attached hydrogens (tertiary/aromatic N) is 2. The number of anilines is 1. The van der Waals surface area contributed by atoms with Crippen LogP contribution in [0.25, 0.3) is 0 Å². The van der Waals surface area contributed by atoms with Gasteiger partial charge in [-0.15, -0.1) is 12.4 Å². The number of amides is 2. The van der Waals surface area contributed by atoms with Crippen molar-refractivity contribution in [2.24, 2.45) is 0 Å². The number of aryl methyl sites for hydroxylation is 1. The number of carbonyl (C=O) groups excluding carboxylic acids is 1. The molecule has 1 saturated heterocycles. The van der Waals surface area contributed by atoms with Crippen molar-refractivity contribution in [1.29, 1.82) is 0 Å². The molecule has 158 valence electrons. The molecule has 2 amide bonds. The second-order valence-electron chi connectivity index (χ2n) is 7.07. The van der Waals surface area contributed by atoms with Crippen molar-refractivity contribution < 1.29 is 13.9 Å². The Morgan fingerprint density at radius 2 is 1.66 bits per heavy atom. The van der Waals surface area contributed by atoms with E-state index in [1.54, 1.807) is 7.11 Å². The van der Waals surface area contributed by atoms with E-state index in [0.717, 1.165) is 63.4 Å². The van der Waals surface area contributed by atoms with Crippen LogP contribution in [0.5, 0.6) is 5.75 Å². The maximum Gasteiger partial charge on any atom is 0.321 e. The van der Waals surface area contributed by atoms with Crippen LogP contribution in [-0.4, -0.2) is 55.7 Å². The van der Waals surface area contributed by atoms with Gasteiger partial charge in [0.1, 0.15) is 11.6 Å². The molecule has 0 atom stereocenters. The van der Waals surface area contributed by atoms with Gasteiger partial charge in [-0.3, -0.25) is 4.90 Å². The van der Waals surface area contributed by atoms with E-state index in [4.69, 9.17) is 4.74 Å². The maximum absolute atomic E-state index is 12.9. The van der Waals surface area contributed by atoms with Crippen molar-refractivity contribution >= 4 is 24.1 Å². The average molecular weight is 422 g/mol. The molecule has 1 aliphatic heterocycles. The van der Waals surface area contributed by atoms with E-state index in [2.05, 4.69) is 10.2 Å². The predicted octanol–water partition coefficient (Wildman–Crippen LogP) is 4.43. The molecule has 1 aliphatic rings. The first kappa shape index (κ1) is 23.0. The number of hydrogen-bond acceptors (Lipinski definition) is 3. The van der Waals surface area contributed by atoms with Gasteiger partial charge in [0.25, 0.3) is 0 Å². The van der Waals surface area contributed by atoms with Crippen LogP contribution < -0.4 is 10.1 Å². The molecular weight excluding hydrogens is 393 g/mol. The lowest BCUT2D eigenvalue weighted by Gasteiger charge is -2.34. The number of rotatable bonds is 7. The molecule has 0 spiro atoms. The Labute approximate surface area is 178 Å². The molecular formula is C22H29ClFN3O2. The molecule has 7 heteroatoms. The zero-order valence-corrected chi connectivity index (χ0v) is 17.6. The highest BCUT2D eigenvalue weighted by Gasteiger charge is 2.20. The lowest BCUT2D eigenvalue weighted by molar-refractivity contribution is 0.146. The molecule has 1 N–H and O–H groups in total. The van der Waals surface area contributed by atoms with Crippen molar-refractivity contribution in [2.75, 3.05) is 45.2 Å². The van der Waals surface area contributed by atoms with Gasteiger partial charge >= 0.3 is 6.03 Å². The number of nitrogens with one attached hydrogen (secondary N) is 1. The van der Waals surface area contributed by atoms with Crippen molar-refractivity contribution in [3.63, 3.8) is 0 Å². The summed E-state index contributed by atoms with van der Waals surface area (Å²) in [5.74, 6) is 0.587. The van der Waals surface area contributed by atoms with E-state index in [1.165, 1.54) is 17.7 Å². The summed E-state index contributed by atoms with van der Waals surface area (Å²) in [5.41, 5.74) is 1.95. The van der Waals surface area contributed by atoms with Crippen LogP contribution in [0, 0.1) is 5.82 Å². The van der Waals surface area contributed by atoms with E-state index in [9.17, 15) is 9.18 Å². The van der Waals surface area contributed by atoms with Crippen LogP contribution in [0.1, 0.15) is 18.4 Å². The van der Waals surface area contributed by atoms with Crippen LogP contribution in [0.15, 0.2) is 48.5 Å². The van der Waals surface area contributed by atoms with E-state index >= 15 is 0 Å². The molecule has 29 heavy (non-hydrogen) atoms. The lowest BCUT2D eigenvalue weighted by atomic mass is 10.1. The Kier molecular flexibility index (Phi) is 9.22. The Hall–Kier alpha value is -2.31. The number of unbranched alkanes of at least 4 members (excludes halogenated alkanes) is 1. The van der Waals surface area contributed by atoms with Crippen LogP contribution in [0.2, 0.25) is 0 Å². The minimum Gasteiger partial charge on any atom is -0.497 e. The Morgan fingerprint density at radius 3 is 2.28 bits per heavy atom. The monoisotopic (exact) mass is 421 g/mol. The number of halogens is 2. The van der Waals surface area contributed by atoms with Gasteiger partial charge in [-0.2, -0.15) is 0 Å². The summed E-state index contributed by atoms with van der Waals surface area (Å²) in [5, 5.41) is 2.94. The smallest absolute Gasteiger partial charge is 0.321 e. The largest absolute Gasteiger partial charge is 0.497 e. The Bertz CT molecular complexity index is 748. The number of benzene rings is 2.